The van der Waals surface area contributed by atoms with Crippen molar-refractivity contribution in [2.75, 3.05) is 5.32 Å². The van der Waals surface area contributed by atoms with Gasteiger partial charge in [0.15, 0.2) is 0 Å². The Balaban J connectivity index is 1.48. The first-order valence-corrected chi connectivity index (χ1v) is 8.28. The van der Waals surface area contributed by atoms with E-state index in [-0.39, 0.29) is 23.8 Å². The molecule has 1 spiro atoms. The first-order chi connectivity index (χ1) is 11.6. The Hall–Kier alpha value is -2.63. The quantitative estimate of drug-likeness (QED) is 0.895. The monoisotopic (exact) mass is 324 g/mol. The van der Waals surface area contributed by atoms with Crippen molar-refractivity contribution in [3.05, 3.63) is 47.8 Å². The van der Waals surface area contributed by atoms with Crippen LogP contribution in [-0.2, 0) is 28.0 Å². The number of nitrogens with zero attached hydrogens (tertiary/aromatic N) is 2. The summed E-state index contributed by atoms with van der Waals surface area (Å²) < 4.78 is 1.43. The lowest BCUT2D eigenvalue weighted by atomic mass is 9.78. The summed E-state index contributed by atoms with van der Waals surface area (Å²) in [5, 5.41) is 6.96. The third-order valence-corrected chi connectivity index (χ3v) is 5.23. The fourth-order valence-electron chi connectivity index (χ4n) is 4.08. The summed E-state index contributed by atoms with van der Waals surface area (Å²) in [7, 11) is 0. The average Bonchev–Trinajstić information content (AvgIpc) is 3.11. The third-order valence-electron chi connectivity index (χ3n) is 5.23. The van der Waals surface area contributed by atoms with E-state index in [0.717, 1.165) is 25.7 Å². The van der Waals surface area contributed by atoms with Crippen LogP contribution >= 0.6 is 0 Å². The van der Waals surface area contributed by atoms with E-state index in [4.69, 9.17) is 5.73 Å². The van der Waals surface area contributed by atoms with Crippen LogP contribution in [0, 0.1) is 5.92 Å². The molecule has 1 aromatic carbocycles. The van der Waals surface area contributed by atoms with Crippen molar-refractivity contribution in [2.45, 2.75) is 37.6 Å². The number of aromatic nitrogens is 2. The molecule has 2 atom stereocenters. The van der Waals surface area contributed by atoms with Crippen LogP contribution < -0.4 is 11.1 Å². The molecule has 1 fully saturated rings. The van der Waals surface area contributed by atoms with E-state index in [1.165, 1.54) is 15.8 Å². The van der Waals surface area contributed by atoms with Gasteiger partial charge < -0.3 is 11.1 Å². The van der Waals surface area contributed by atoms with Gasteiger partial charge in [0.25, 0.3) is 0 Å². The highest BCUT2D eigenvalue weighted by Gasteiger charge is 2.60. The number of rotatable bonds is 4. The second kappa shape index (κ2) is 5.47. The van der Waals surface area contributed by atoms with Crippen molar-refractivity contribution in [2.24, 2.45) is 11.7 Å². The smallest absolute Gasteiger partial charge is 0.239 e. The van der Waals surface area contributed by atoms with Gasteiger partial charge in [0, 0.05) is 17.5 Å². The van der Waals surface area contributed by atoms with Gasteiger partial charge in [0.1, 0.15) is 6.54 Å². The minimum absolute atomic E-state index is 0.0105. The average molecular weight is 324 g/mol. The molecular formula is C18H20N4O2. The minimum atomic E-state index is -0.462. The molecular weight excluding hydrogens is 304 g/mol. The normalized spacial score (nSPS) is 24.4. The third kappa shape index (κ3) is 2.48. The molecule has 6 nitrogen and oxygen atoms in total. The predicted molar refractivity (Wildman–Crippen MR) is 89.2 cm³/mol. The Morgan fingerprint density at radius 1 is 1.38 bits per heavy atom. The molecule has 24 heavy (non-hydrogen) atoms. The number of hydrogen-bond donors (Lipinski definition) is 2. The maximum atomic E-state index is 12.6. The number of nitrogens with two attached hydrogens (primary N) is 1. The number of benzene rings is 1. The standard InChI is InChI=1S/C18H20N4O2/c19-16(23)11-22-10-13(9-20-22)21-17(24)15-8-18(15)7-3-5-12-4-1-2-6-14(12)18/h1-2,4,6,9-10,15H,3,5,7-8,11H2,(H2,19,23)(H,21,24)/t15-,18-/m1/s1. The van der Waals surface area contributed by atoms with Crippen molar-refractivity contribution in [3.63, 3.8) is 0 Å². The van der Waals surface area contributed by atoms with Gasteiger partial charge in [-0.3, -0.25) is 14.3 Å². The summed E-state index contributed by atoms with van der Waals surface area (Å²) in [4.78, 5) is 23.6. The van der Waals surface area contributed by atoms with Crippen LogP contribution in [0.25, 0.3) is 0 Å². The highest BCUT2D eigenvalue weighted by Crippen LogP contribution is 2.60. The molecule has 4 rings (SSSR count). The number of carbonyl (C=O) groups excluding carboxylic acids is 2. The molecule has 0 radical (unpaired) electrons. The molecule has 1 saturated carbocycles. The lowest BCUT2D eigenvalue weighted by Crippen LogP contribution is -2.24. The van der Waals surface area contributed by atoms with Crippen molar-refractivity contribution < 1.29 is 9.59 Å². The zero-order valence-electron chi connectivity index (χ0n) is 13.4. The number of amides is 2. The van der Waals surface area contributed by atoms with E-state index >= 15 is 0 Å². The molecule has 0 unspecified atom stereocenters. The van der Waals surface area contributed by atoms with Crippen molar-refractivity contribution in [1.29, 1.82) is 0 Å². The molecule has 2 aliphatic rings. The maximum absolute atomic E-state index is 12.6. The van der Waals surface area contributed by atoms with Crippen LogP contribution in [0.2, 0.25) is 0 Å². The predicted octanol–water partition coefficient (Wildman–Crippen LogP) is 1.60. The van der Waals surface area contributed by atoms with Crippen LogP contribution in [0.3, 0.4) is 0 Å². The summed E-state index contributed by atoms with van der Waals surface area (Å²) in [5.74, 6) is -0.417. The SMILES string of the molecule is NC(=O)Cn1cc(NC(=O)[C@H]2C[C@@]23CCCc2ccccc23)cn1. The van der Waals surface area contributed by atoms with Gasteiger partial charge in [-0.2, -0.15) is 5.10 Å². The van der Waals surface area contributed by atoms with Crippen LogP contribution in [0.4, 0.5) is 5.69 Å². The Bertz CT molecular complexity index is 813. The van der Waals surface area contributed by atoms with Crippen molar-refractivity contribution in [1.82, 2.24) is 9.78 Å². The van der Waals surface area contributed by atoms with Crippen LogP contribution in [0.5, 0.6) is 0 Å². The van der Waals surface area contributed by atoms with Crippen molar-refractivity contribution >= 4 is 17.5 Å². The van der Waals surface area contributed by atoms with Gasteiger partial charge in [0.05, 0.1) is 11.9 Å². The molecule has 6 heteroatoms. The molecule has 2 aliphatic carbocycles. The van der Waals surface area contributed by atoms with Crippen LogP contribution in [0.15, 0.2) is 36.7 Å². The second-order valence-corrected chi connectivity index (χ2v) is 6.81. The topological polar surface area (TPSA) is 90.0 Å². The summed E-state index contributed by atoms with van der Waals surface area (Å²) in [5.41, 5.74) is 8.50. The number of primary amides is 1. The summed E-state index contributed by atoms with van der Waals surface area (Å²) in [6.07, 6.45) is 7.40. The highest BCUT2D eigenvalue weighted by atomic mass is 16.2. The summed E-state index contributed by atoms with van der Waals surface area (Å²) in [6.45, 7) is 0.0105. The Kier molecular flexibility index (Phi) is 3.40. The van der Waals surface area contributed by atoms with E-state index in [9.17, 15) is 9.59 Å². The molecule has 1 heterocycles. The Morgan fingerprint density at radius 3 is 3.04 bits per heavy atom. The Morgan fingerprint density at radius 2 is 2.21 bits per heavy atom. The fourth-order valence-corrected chi connectivity index (χ4v) is 4.08. The first kappa shape index (κ1) is 14.9. The van der Waals surface area contributed by atoms with E-state index in [1.54, 1.807) is 12.4 Å². The van der Waals surface area contributed by atoms with Crippen LogP contribution in [0.1, 0.15) is 30.4 Å². The molecule has 0 bridgehead atoms. The second-order valence-electron chi connectivity index (χ2n) is 6.81. The molecule has 2 amide bonds. The summed E-state index contributed by atoms with van der Waals surface area (Å²) >= 11 is 0. The molecule has 1 aromatic heterocycles. The first-order valence-electron chi connectivity index (χ1n) is 8.28. The van der Waals surface area contributed by atoms with E-state index < -0.39 is 5.91 Å². The van der Waals surface area contributed by atoms with Crippen molar-refractivity contribution in [3.8, 4) is 0 Å². The van der Waals surface area contributed by atoms with Gasteiger partial charge in [-0.25, -0.2) is 0 Å². The van der Waals surface area contributed by atoms with Gasteiger partial charge in [-0.1, -0.05) is 24.3 Å². The van der Waals surface area contributed by atoms with Gasteiger partial charge in [0.2, 0.25) is 11.8 Å². The Labute approximate surface area is 140 Å². The number of hydrogen-bond acceptors (Lipinski definition) is 3. The van der Waals surface area contributed by atoms with Gasteiger partial charge >= 0.3 is 0 Å². The number of fused-ring (bicyclic) bond motifs is 2. The summed E-state index contributed by atoms with van der Waals surface area (Å²) in [6, 6.07) is 8.49. The largest absolute Gasteiger partial charge is 0.368 e. The zero-order chi connectivity index (χ0) is 16.7. The number of carbonyl (C=O) groups is 2. The maximum Gasteiger partial charge on any atom is 0.239 e. The minimum Gasteiger partial charge on any atom is -0.368 e. The van der Waals surface area contributed by atoms with Gasteiger partial charge in [-0.15, -0.1) is 0 Å². The van der Waals surface area contributed by atoms with Gasteiger partial charge in [-0.05, 0) is 36.8 Å². The molecule has 2 aromatic rings. The molecule has 124 valence electrons. The van der Waals surface area contributed by atoms with E-state index in [0.29, 0.717) is 5.69 Å². The van der Waals surface area contributed by atoms with E-state index in [2.05, 4.69) is 34.7 Å². The number of anilines is 1. The zero-order valence-corrected chi connectivity index (χ0v) is 13.4. The fraction of sp³-hybridized carbons (Fsp3) is 0.389. The lowest BCUT2D eigenvalue weighted by Gasteiger charge is -2.26. The van der Waals surface area contributed by atoms with Crippen LogP contribution in [-0.4, -0.2) is 21.6 Å². The number of nitrogens with one attached hydrogen (secondary N) is 1. The highest BCUT2D eigenvalue weighted by molar-refractivity contribution is 5.96. The molecule has 3 N–H and O–H groups in total. The lowest BCUT2D eigenvalue weighted by molar-refractivity contribution is -0.119. The van der Waals surface area contributed by atoms with E-state index in [1.807, 2.05) is 0 Å². The molecule has 0 saturated heterocycles. The number of aryl methyl sites for hydroxylation is 1. The molecule has 0 aliphatic heterocycles.